The summed E-state index contributed by atoms with van der Waals surface area (Å²) in [5, 5.41) is 7.12. The van der Waals surface area contributed by atoms with Crippen molar-refractivity contribution in [3.63, 3.8) is 0 Å². The van der Waals surface area contributed by atoms with Crippen molar-refractivity contribution in [2.24, 2.45) is 0 Å². The summed E-state index contributed by atoms with van der Waals surface area (Å²) in [6.07, 6.45) is 9.36. The van der Waals surface area contributed by atoms with Crippen molar-refractivity contribution in [3.8, 4) is 0 Å². The summed E-state index contributed by atoms with van der Waals surface area (Å²) in [5.74, 6) is -2.76. The molecule has 0 aromatic rings. The van der Waals surface area contributed by atoms with Gasteiger partial charge in [0.05, 0.1) is 0 Å². The SMILES string of the molecule is CCCCCCCCCCCC.O=C(O)C(F)(F)F. The van der Waals surface area contributed by atoms with E-state index in [-0.39, 0.29) is 0 Å². The minimum absolute atomic E-state index is 1.37. The lowest BCUT2D eigenvalue weighted by molar-refractivity contribution is -0.192. The third-order valence-electron chi connectivity index (χ3n) is 2.70. The first-order chi connectivity index (χ1) is 8.86. The molecule has 0 aliphatic carbocycles. The molecule has 0 atom stereocenters. The molecule has 0 aromatic heterocycles. The molecule has 0 radical (unpaired) electrons. The summed E-state index contributed by atoms with van der Waals surface area (Å²) < 4.78 is 31.7. The Hall–Kier alpha value is -0.740. The number of alkyl halides is 3. The maximum absolute atomic E-state index is 10.6. The quantitative estimate of drug-likeness (QED) is 0.563. The molecule has 19 heavy (non-hydrogen) atoms. The van der Waals surface area contributed by atoms with Gasteiger partial charge in [-0.05, 0) is 0 Å². The van der Waals surface area contributed by atoms with Gasteiger partial charge in [0.2, 0.25) is 0 Å². The average molecular weight is 284 g/mol. The zero-order chi connectivity index (χ0) is 15.1. The predicted octanol–water partition coefficient (Wildman–Crippen LogP) is 5.56. The molecule has 0 fully saturated rings. The van der Waals surface area contributed by atoms with E-state index in [0.29, 0.717) is 0 Å². The fourth-order valence-corrected chi connectivity index (χ4v) is 1.56. The van der Waals surface area contributed by atoms with Crippen molar-refractivity contribution >= 4 is 5.97 Å². The van der Waals surface area contributed by atoms with E-state index in [1.165, 1.54) is 64.2 Å². The molecule has 0 aliphatic rings. The van der Waals surface area contributed by atoms with E-state index in [1.807, 2.05) is 0 Å². The standard InChI is InChI=1S/C12H26.C2HF3O2/c1-3-5-7-9-11-12-10-8-6-4-2;3-2(4,5)1(6)7/h3-12H2,1-2H3;(H,6,7). The molecular formula is C14H27F3O2. The van der Waals surface area contributed by atoms with E-state index in [1.54, 1.807) is 0 Å². The maximum atomic E-state index is 10.6. The predicted molar refractivity (Wildman–Crippen MR) is 71.2 cm³/mol. The number of halogens is 3. The zero-order valence-corrected chi connectivity index (χ0v) is 12.1. The van der Waals surface area contributed by atoms with Gasteiger partial charge in [0.15, 0.2) is 0 Å². The molecule has 2 nitrogen and oxygen atoms in total. The van der Waals surface area contributed by atoms with Crippen LogP contribution in [0.4, 0.5) is 13.2 Å². The molecular weight excluding hydrogens is 257 g/mol. The van der Waals surface area contributed by atoms with E-state index in [4.69, 9.17) is 9.90 Å². The summed E-state index contributed by atoms with van der Waals surface area (Å²) in [7, 11) is 0. The van der Waals surface area contributed by atoms with E-state index >= 15 is 0 Å². The van der Waals surface area contributed by atoms with Crippen molar-refractivity contribution in [1.82, 2.24) is 0 Å². The molecule has 0 spiro atoms. The van der Waals surface area contributed by atoms with E-state index in [0.717, 1.165) is 0 Å². The minimum Gasteiger partial charge on any atom is -0.475 e. The smallest absolute Gasteiger partial charge is 0.475 e. The van der Waals surface area contributed by atoms with Crippen molar-refractivity contribution in [1.29, 1.82) is 0 Å². The van der Waals surface area contributed by atoms with Crippen LogP contribution in [-0.4, -0.2) is 17.3 Å². The van der Waals surface area contributed by atoms with Gasteiger partial charge in [-0.15, -0.1) is 0 Å². The Morgan fingerprint density at radius 1 is 0.789 bits per heavy atom. The normalized spacial score (nSPS) is 10.8. The lowest BCUT2D eigenvalue weighted by Crippen LogP contribution is -2.21. The second-order valence-electron chi connectivity index (χ2n) is 4.63. The number of hydrogen-bond acceptors (Lipinski definition) is 1. The summed E-state index contributed by atoms with van der Waals surface area (Å²) in [4.78, 5) is 8.90. The first kappa shape index (κ1) is 20.6. The highest BCUT2D eigenvalue weighted by Crippen LogP contribution is 2.13. The van der Waals surface area contributed by atoms with Gasteiger partial charge in [-0.2, -0.15) is 13.2 Å². The molecule has 0 unspecified atom stereocenters. The Balaban J connectivity index is 0. The van der Waals surface area contributed by atoms with Gasteiger partial charge < -0.3 is 5.11 Å². The van der Waals surface area contributed by atoms with Crippen LogP contribution in [0.2, 0.25) is 0 Å². The first-order valence-electron chi connectivity index (χ1n) is 7.16. The van der Waals surface area contributed by atoms with E-state index in [2.05, 4.69) is 13.8 Å². The van der Waals surface area contributed by atoms with Crippen LogP contribution in [0.1, 0.15) is 78.1 Å². The molecule has 0 rings (SSSR count). The first-order valence-corrected chi connectivity index (χ1v) is 7.16. The molecule has 116 valence electrons. The van der Waals surface area contributed by atoms with Gasteiger partial charge in [-0.3, -0.25) is 0 Å². The molecule has 0 bridgehead atoms. The van der Waals surface area contributed by atoms with Gasteiger partial charge in [0.1, 0.15) is 0 Å². The minimum atomic E-state index is -5.08. The largest absolute Gasteiger partial charge is 0.490 e. The van der Waals surface area contributed by atoms with Gasteiger partial charge >= 0.3 is 12.1 Å². The molecule has 0 saturated heterocycles. The van der Waals surface area contributed by atoms with Crippen molar-refractivity contribution < 1.29 is 23.1 Å². The van der Waals surface area contributed by atoms with Crippen LogP contribution >= 0.6 is 0 Å². The van der Waals surface area contributed by atoms with Gasteiger partial charge in [0, 0.05) is 0 Å². The number of rotatable bonds is 9. The molecule has 5 heteroatoms. The van der Waals surface area contributed by atoms with Crippen LogP contribution in [0.15, 0.2) is 0 Å². The van der Waals surface area contributed by atoms with Crippen LogP contribution in [0.3, 0.4) is 0 Å². The van der Waals surface area contributed by atoms with Crippen molar-refractivity contribution in [3.05, 3.63) is 0 Å². The summed E-state index contributed by atoms with van der Waals surface area (Å²) in [5.41, 5.74) is 0. The average Bonchev–Trinajstić information content (AvgIpc) is 2.32. The number of carbonyl (C=O) groups is 1. The summed E-state index contributed by atoms with van der Waals surface area (Å²) in [6.45, 7) is 4.56. The number of unbranched alkanes of at least 4 members (excludes halogenated alkanes) is 9. The molecule has 1 N–H and O–H groups in total. The Kier molecular flexibility index (Phi) is 14.8. The van der Waals surface area contributed by atoms with Gasteiger partial charge in [-0.25, -0.2) is 4.79 Å². The zero-order valence-electron chi connectivity index (χ0n) is 12.1. The maximum Gasteiger partial charge on any atom is 0.490 e. The van der Waals surface area contributed by atoms with E-state index < -0.39 is 12.1 Å². The highest BCUT2D eigenvalue weighted by Gasteiger charge is 2.38. The number of carboxylic acids is 1. The fraction of sp³-hybridized carbons (Fsp3) is 0.929. The van der Waals surface area contributed by atoms with Crippen LogP contribution in [-0.2, 0) is 4.79 Å². The lowest BCUT2D eigenvalue weighted by atomic mass is 10.1. The third kappa shape index (κ3) is 19.8. The Bertz CT molecular complexity index is 193. The van der Waals surface area contributed by atoms with Crippen molar-refractivity contribution in [2.45, 2.75) is 84.2 Å². The molecule has 0 aliphatic heterocycles. The fourth-order valence-electron chi connectivity index (χ4n) is 1.56. The number of hydrogen-bond donors (Lipinski definition) is 1. The van der Waals surface area contributed by atoms with Gasteiger partial charge in [0.25, 0.3) is 0 Å². The van der Waals surface area contributed by atoms with Crippen LogP contribution in [0.5, 0.6) is 0 Å². The second-order valence-corrected chi connectivity index (χ2v) is 4.63. The van der Waals surface area contributed by atoms with Gasteiger partial charge in [-0.1, -0.05) is 78.1 Å². The Labute approximate surface area is 114 Å². The Morgan fingerprint density at radius 3 is 1.16 bits per heavy atom. The van der Waals surface area contributed by atoms with Crippen LogP contribution in [0.25, 0.3) is 0 Å². The highest BCUT2D eigenvalue weighted by atomic mass is 19.4. The monoisotopic (exact) mass is 284 g/mol. The number of carboxylic acid groups (broad SMARTS) is 1. The topological polar surface area (TPSA) is 37.3 Å². The molecule has 0 saturated carbocycles. The molecule has 0 heterocycles. The molecule has 0 amide bonds. The Morgan fingerprint density at radius 2 is 1.00 bits per heavy atom. The highest BCUT2D eigenvalue weighted by molar-refractivity contribution is 5.73. The summed E-state index contributed by atoms with van der Waals surface area (Å²) >= 11 is 0. The summed E-state index contributed by atoms with van der Waals surface area (Å²) in [6, 6.07) is 0. The van der Waals surface area contributed by atoms with Crippen LogP contribution in [0, 0.1) is 0 Å². The van der Waals surface area contributed by atoms with E-state index in [9.17, 15) is 13.2 Å². The van der Waals surface area contributed by atoms with Crippen LogP contribution < -0.4 is 0 Å². The van der Waals surface area contributed by atoms with Crippen molar-refractivity contribution in [2.75, 3.05) is 0 Å². The lowest BCUT2D eigenvalue weighted by Gasteiger charge is -1.99. The second kappa shape index (κ2) is 13.7. The third-order valence-corrected chi connectivity index (χ3v) is 2.70. The molecule has 0 aromatic carbocycles. The number of aliphatic carboxylic acids is 1.